The number of alkyl halides is 3. The van der Waals surface area contributed by atoms with E-state index < -0.39 is 11.9 Å². The Labute approximate surface area is 173 Å². The Morgan fingerprint density at radius 1 is 1.26 bits per heavy atom. The van der Waals surface area contributed by atoms with E-state index >= 15 is 0 Å². The van der Waals surface area contributed by atoms with Gasteiger partial charge in [-0.2, -0.15) is 17.7 Å². The largest absolute Gasteiger partial charge is 0.494 e. The number of hydrogen-bond acceptors (Lipinski definition) is 8. The van der Waals surface area contributed by atoms with Crippen molar-refractivity contribution < 1.29 is 22.4 Å². The molecule has 1 aliphatic rings. The van der Waals surface area contributed by atoms with Crippen LogP contribution in [0.1, 0.15) is 22.8 Å². The van der Waals surface area contributed by atoms with E-state index in [-0.39, 0.29) is 18.1 Å². The lowest BCUT2D eigenvalue weighted by molar-refractivity contribution is -0.156. The minimum atomic E-state index is -4.56. The quantitative estimate of drug-likeness (QED) is 0.523. The second-order valence-electron chi connectivity index (χ2n) is 7.30. The Balaban J connectivity index is 1.39. The predicted octanol–water partition coefficient (Wildman–Crippen LogP) is 2.48. The van der Waals surface area contributed by atoms with Crippen molar-refractivity contribution in [3.05, 3.63) is 41.0 Å². The summed E-state index contributed by atoms with van der Waals surface area (Å²) in [6.45, 7) is 1.17. The van der Waals surface area contributed by atoms with Crippen LogP contribution in [0.2, 0.25) is 0 Å². The summed E-state index contributed by atoms with van der Waals surface area (Å²) in [5.41, 5.74) is 7.67. The molecule has 4 heterocycles. The maximum absolute atomic E-state index is 13.1. The first-order valence-electron chi connectivity index (χ1n) is 9.60. The number of nitrogens with two attached hydrogens (primary N) is 1. The van der Waals surface area contributed by atoms with Crippen molar-refractivity contribution in [1.29, 1.82) is 0 Å². The highest BCUT2D eigenvalue weighted by Gasteiger charge is 2.41. The molecular weight excluding hydrogens is 415 g/mol. The number of aromatic nitrogens is 5. The van der Waals surface area contributed by atoms with Crippen molar-refractivity contribution in [2.24, 2.45) is 0 Å². The maximum atomic E-state index is 13.1. The zero-order valence-electron chi connectivity index (χ0n) is 16.5. The molecular formula is C19H18F3N7O2. The highest BCUT2D eigenvalue weighted by atomic mass is 19.4. The number of methoxy groups -OCH3 is 1. The molecule has 1 aromatic carbocycles. The van der Waals surface area contributed by atoms with Crippen LogP contribution in [0.15, 0.2) is 22.7 Å². The fourth-order valence-electron chi connectivity index (χ4n) is 3.88. The number of halogens is 3. The number of fused-ring (bicyclic) bond motifs is 4. The summed E-state index contributed by atoms with van der Waals surface area (Å²) in [6, 6.07) is 5.47. The van der Waals surface area contributed by atoms with Crippen molar-refractivity contribution in [1.82, 2.24) is 29.6 Å². The van der Waals surface area contributed by atoms with Gasteiger partial charge in [0.2, 0.25) is 11.7 Å². The lowest BCUT2D eigenvalue weighted by Crippen LogP contribution is -2.33. The summed E-state index contributed by atoms with van der Waals surface area (Å²) in [5, 5.41) is 8.75. The minimum absolute atomic E-state index is 0.105. The first kappa shape index (κ1) is 19.5. The fourth-order valence-corrected chi connectivity index (χ4v) is 3.88. The lowest BCUT2D eigenvalue weighted by atomic mass is 10.1. The molecule has 0 fully saturated rings. The van der Waals surface area contributed by atoms with Gasteiger partial charge >= 0.3 is 6.18 Å². The third-order valence-electron chi connectivity index (χ3n) is 5.38. The summed E-state index contributed by atoms with van der Waals surface area (Å²) < 4.78 is 50.7. The molecule has 162 valence electrons. The van der Waals surface area contributed by atoms with E-state index in [0.717, 1.165) is 5.39 Å². The van der Waals surface area contributed by atoms with Gasteiger partial charge in [0.1, 0.15) is 11.3 Å². The van der Waals surface area contributed by atoms with Crippen LogP contribution in [0.3, 0.4) is 0 Å². The summed E-state index contributed by atoms with van der Waals surface area (Å²) in [4.78, 5) is 10.9. The number of nitrogen functional groups attached to an aromatic ring is 1. The van der Waals surface area contributed by atoms with Gasteiger partial charge in [0.15, 0.2) is 11.5 Å². The van der Waals surface area contributed by atoms with E-state index in [1.807, 2.05) is 17.0 Å². The molecule has 5 rings (SSSR count). The van der Waals surface area contributed by atoms with Crippen molar-refractivity contribution in [3.63, 3.8) is 0 Å². The number of anilines is 1. The topological polar surface area (TPSA) is 108 Å². The van der Waals surface area contributed by atoms with E-state index in [0.29, 0.717) is 54.4 Å². The zero-order valence-corrected chi connectivity index (χ0v) is 16.5. The molecule has 31 heavy (non-hydrogen) atoms. The summed E-state index contributed by atoms with van der Waals surface area (Å²) >= 11 is 0. The molecule has 0 saturated carbocycles. The van der Waals surface area contributed by atoms with Crippen LogP contribution in [0.5, 0.6) is 5.75 Å². The SMILES string of the molecule is COc1cccc2c1nc(N)n1nc(CCN3CCc4noc(C(F)(F)F)c4C3)nc21. The minimum Gasteiger partial charge on any atom is -0.494 e. The van der Waals surface area contributed by atoms with Gasteiger partial charge in [-0.1, -0.05) is 11.2 Å². The monoisotopic (exact) mass is 433 g/mol. The molecule has 0 radical (unpaired) electrons. The van der Waals surface area contributed by atoms with Crippen LogP contribution in [0.25, 0.3) is 16.6 Å². The van der Waals surface area contributed by atoms with E-state index in [2.05, 4.69) is 24.7 Å². The third-order valence-corrected chi connectivity index (χ3v) is 5.38. The second kappa shape index (κ2) is 7.08. The molecule has 0 spiro atoms. The van der Waals surface area contributed by atoms with Crippen LogP contribution in [-0.4, -0.2) is 49.8 Å². The average Bonchev–Trinajstić information content (AvgIpc) is 3.36. The van der Waals surface area contributed by atoms with E-state index in [1.165, 1.54) is 4.52 Å². The Morgan fingerprint density at radius 2 is 2.10 bits per heavy atom. The molecule has 0 bridgehead atoms. The molecule has 0 atom stereocenters. The van der Waals surface area contributed by atoms with Gasteiger partial charge < -0.3 is 15.0 Å². The second-order valence-corrected chi connectivity index (χ2v) is 7.30. The van der Waals surface area contributed by atoms with Gasteiger partial charge in [-0.15, -0.1) is 5.10 Å². The third kappa shape index (κ3) is 3.32. The molecule has 3 aromatic heterocycles. The number of para-hydroxylation sites is 1. The molecule has 9 nitrogen and oxygen atoms in total. The van der Waals surface area contributed by atoms with Gasteiger partial charge in [0, 0.05) is 43.4 Å². The first-order valence-corrected chi connectivity index (χ1v) is 9.60. The highest BCUT2D eigenvalue weighted by molar-refractivity contribution is 5.95. The molecule has 0 amide bonds. The van der Waals surface area contributed by atoms with Crippen LogP contribution in [-0.2, 0) is 25.6 Å². The van der Waals surface area contributed by atoms with Crippen LogP contribution >= 0.6 is 0 Å². The number of hydrogen-bond donors (Lipinski definition) is 1. The fraction of sp³-hybridized carbons (Fsp3) is 0.368. The summed E-state index contributed by atoms with van der Waals surface area (Å²) in [6.07, 6.45) is -3.72. The van der Waals surface area contributed by atoms with Gasteiger partial charge in [0.25, 0.3) is 0 Å². The van der Waals surface area contributed by atoms with Crippen molar-refractivity contribution >= 4 is 22.5 Å². The zero-order chi connectivity index (χ0) is 21.8. The standard InChI is InChI=1S/C19H18F3N7O2/c1-30-13-4-2-3-10-15(13)25-18(23)29-17(10)24-14(26-29)6-8-28-7-5-12-11(9-28)16(31-27-12)19(20,21)22/h2-4H,5-9H2,1H3,(H2,23,25). The van der Waals surface area contributed by atoms with Gasteiger partial charge in [-0.3, -0.25) is 4.90 Å². The molecule has 1 aliphatic heterocycles. The average molecular weight is 433 g/mol. The lowest BCUT2D eigenvalue weighted by Gasteiger charge is -2.25. The molecule has 0 unspecified atom stereocenters. The Bertz CT molecular complexity index is 1280. The van der Waals surface area contributed by atoms with E-state index in [1.54, 1.807) is 13.2 Å². The van der Waals surface area contributed by atoms with Gasteiger partial charge in [-0.25, -0.2) is 9.97 Å². The summed E-state index contributed by atoms with van der Waals surface area (Å²) in [7, 11) is 1.55. The molecule has 2 N–H and O–H groups in total. The number of benzene rings is 1. The van der Waals surface area contributed by atoms with E-state index in [9.17, 15) is 13.2 Å². The Kier molecular flexibility index (Phi) is 4.46. The summed E-state index contributed by atoms with van der Waals surface area (Å²) in [5.74, 6) is 0.260. The van der Waals surface area contributed by atoms with Crippen molar-refractivity contribution in [2.75, 3.05) is 25.9 Å². The molecule has 4 aromatic rings. The maximum Gasteiger partial charge on any atom is 0.452 e. The number of nitrogens with zero attached hydrogens (tertiary/aromatic N) is 6. The molecule has 0 saturated heterocycles. The Morgan fingerprint density at radius 3 is 2.87 bits per heavy atom. The van der Waals surface area contributed by atoms with Crippen molar-refractivity contribution in [3.8, 4) is 5.75 Å². The molecule has 0 aliphatic carbocycles. The number of rotatable bonds is 4. The smallest absolute Gasteiger partial charge is 0.452 e. The van der Waals surface area contributed by atoms with Crippen molar-refractivity contribution in [2.45, 2.75) is 25.6 Å². The highest BCUT2D eigenvalue weighted by Crippen LogP contribution is 2.35. The first-order chi connectivity index (χ1) is 14.8. The van der Waals surface area contributed by atoms with E-state index in [4.69, 9.17) is 10.5 Å². The predicted molar refractivity (Wildman–Crippen MR) is 103 cm³/mol. The Hall–Kier alpha value is -3.41. The van der Waals surface area contributed by atoms with Crippen LogP contribution in [0.4, 0.5) is 19.1 Å². The number of ether oxygens (including phenoxy) is 1. The van der Waals surface area contributed by atoms with Crippen LogP contribution < -0.4 is 10.5 Å². The van der Waals surface area contributed by atoms with Crippen LogP contribution in [0, 0.1) is 0 Å². The molecule has 12 heteroatoms. The van der Waals surface area contributed by atoms with Gasteiger partial charge in [-0.05, 0) is 12.1 Å². The van der Waals surface area contributed by atoms with Gasteiger partial charge in [0.05, 0.1) is 12.8 Å². The normalized spacial score (nSPS) is 15.0.